The molecule has 2 aromatic carbocycles. The molecule has 0 spiro atoms. The van der Waals surface area contributed by atoms with Gasteiger partial charge in [0.05, 0.1) is 0 Å². The van der Waals surface area contributed by atoms with Gasteiger partial charge in [0.1, 0.15) is 17.6 Å². The van der Waals surface area contributed by atoms with Crippen molar-refractivity contribution in [2.45, 2.75) is 52.7 Å². The van der Waals surface area contributed by atoms with Crippen LogP contribution in [0.4, 0.5) is 4.39 Å². The Morgan fingerprint density at radius 3 is 2.41 bits per heavy atom. The Bertz CT molecular complexity index is 821. The van der Waals surface area contributed by atoms with Gasteiger partial charge in [0, 0.05) is 12.6 Å². The fourth-order valence-electron chi connectivity index (χ4n) is 3.02. The SMILES string of the molecule is CCC(C(=O)NC(C)C)N(Cc1ccc(F)cc1)C(=O)COc1cccc(C)c1. The van der Waals surface area contributed by atoms with Crippen molar-refractivity contribution in [3.8, 4) is 5.75 Å². The highest BCUT2D eigenvalue weighted by molar-refractivity contribution is 5.88. The minimum Gasteiger partial charge on any atom is -0.484 e. The summed E-state index contributed by atoms with van der Waals surface area (Å²) in [6, 6.07) is 12.7. The van der Waals surface area contributed by atoms with Gasteiger partial charge in [0.25, 0.3) is 5.91 Å². The van der Waals surface area contributed by atoms with Crippen LogP contribution in [0.1, 0.15) is 38.3 Å². The van der Waals surface area contributed by atoms with E-state index in [1.807, 2.05) is 45.9 Å². The molecule has 0 aliphatic heterocycles. The van der Waals surface area contributed by atoms with Crippen LogP contribution in [-0.2, 0) is 16.1 Å². The standard InChI is InChI=1S/C23H29FN2O3/c1-5-21(23(28)25-16(2)3)26(14-18-9-11-19(24)12-10-18)22(27)15-29-20-8-6-7-17(4)13-20/h6-13,16,21H,5,14-15H2,1-4H3,(H,25,28). The highest BCUT2D eigenvalue weighted by Gasteiger charge is 2.29. The highest BCUT2D eigenvalue weighted by atomic mass is 19.1. The van der Waals surface area contributed by atoms with Crippen LogP contribution in [0.25, 0.3) is 0 Å². The van der Waals surface area contributed by atoms with Crippen molar-refractivity contribution in [1.82, 2.24) is 10.2 Å². The van der Waals surface area contributed by atoms with Crippen molar-refractivity contribution >= 4 is 11.8 Å². The Kier molecular flexibility index (Phi) is 8.19. The van der Waals surface area contributed by atoms with Gasteiger partial charge in [-0.1, -0.05) is 31.2 Å². The van der Waals surface area contributed by atoms with E-state index >= 15 is 0 Å². The number of aryl methyl sites for hydroxylation is 1. The van der Waals surface area contributed by atoms with E-state index < -0.39 is 6.04 Å². The maximum atomic E-state index is 13.3. The first kappa shape index (κ1) is 22.4. The quantitative estimate of drug-likeness (QED) is 0.696. The zero-order chi connectivity index (χ0) is 21.4. The first-order chi connectivity index (χ1) is 13.8. The lowest BCUT2D eigenvalue weighted by molar-refractivity contribution is -0.143. The number of nitrogens with zero attached hydrogens (tertiary/aromatic N) is 1. The summed E-state index contributed by atoms with van der Waals surface area (Å²) in [5, 5.41) is 2.87. The fourth-order valence-corrected chi connectivity index (χ4v) is 3.02. The lowest BCUT2D eigenvalue weighted by Gasteiger charge is -2.31. The molecule has 1 N–H and O–H groups in total. The third kappa shape index (κ3) is 6.89. The second kappa shape index (κ2) is 10.6. The molecule has 0 saturated carbocycles. The second-order valence-corrected chi connectivity index (χ2v) is 7.34. The number of amides is 2. The zero-order valence-corrected chi connectivity index (χ0v) is 17.4. The molecule has 1 unspecified atom stereocenters. The Balaban J connectivity index is 2.20. The maximum absolute atomic E-state index is 13.3. The third-order valence-electron chi connectivity index (χ3n) is 4.43. The Labute approximate surface area is 171 Å². The van der Waals surface area contributed by atoms with Crippen molar-refractivity contribution in [1.29, 1.82) is 0 Å². The maximum Gasteiger partial charge on any atom is 0.261 e. The molecular formula is C23H29FN2O3. The van der Waals surface area contributed by atoms with Crippen molar-refractivity contribution in [3.05, 3.63) is 65.5 Å². The Morgan fingerprint density at radius 2 is 1.83 bits per heavy atom. The van der Waals surface area contributed by atoms with Gasteiger partial charge in [-0.25, -0.2) is 4.39 Å². The second-order valence-electron chi connectivity index (χ2n) is 7.34. The summed E-state index contributed by atoms with van der Waals surface area (Å²) in [5.74, 6) is -0.270. The van der Waals surface area contributed by atoms with Crippen LogP contribution in [0.2, 0.25) is 0 Å². The number of carbonyl (C=O) groups excluding carboxylic acids is 2. The van der Waals surface area contributed by atoms with E-state index in [9.17, 15) is 14.0 Å². The van der Waals surface area contributed by atoms with E-state index in [4.69, 9.17) is 4.74 Å². The molecule has 0 saturated heterocycles. The van der Waals surface area contributed by atoms with E-state index in [2.05, 4.69) is 5.32 Å². The number of ether oxygens (including phenoxy) is 1. The van der Waals surface area contributed by atoms with Crippen LogP contribution in [0.5, 0.6) is 5.75 Å². The van der Waals surface area contributed by atoms with Crippen LogP contribution in [0.3, 0.4) is 0 Å². The molecule has 0 fully saturated rings. The summed E-state index contributed by atoms with van der Waals surface area (Å²) >= 11 is 0. The predicted molar refractivity (Wildman–Crippen MR) is 111 cm³/mol. The molecule has 29 heavy (non-hydrogen) atoms. The molecule has 2 rings (SSSR count). The molecule has 5 nitrogen and oxygen atoms in total. The Morgan fingerprint density at radius 1 is 1.14 bits per heavy atom. The van der Waals surface area contributed by atoms with Gasteiger partial charge in [0.2, 0.25) is 5.91 Å². The lowest BCUT2D eigenvalue weighted by Crippen LogP contribution is -2.51. The number of halogens is 1. The van der Waals surface area contributed by atoms with Crippen molar-refractivity contribution in [2.75, 3.05) is 6.61 Å². The molecule has 0 bridgehead atoms. The number of hydrogen-bond donors (Lipinski definition) is 1. The van der Waals surface area contributed by atoms with Gasteiger partial charge >= 0.3 is 0 Å². The monoisotopic (exact) mass is 400 g/mol. The molecule has 0 aliphatic rings. The van der Waals surface area contributed by atoms with Crippen LogP contribution < -0.4 is 10.1 Å². The molecule has 156 valence electrons. The molecule has 6 heteroatoms. The normalized spacial score (nSPS) is 11.8. The molecule has 2 aromatic rings. The number of benzene rings is 2. The average molecular weight is 400 g/mol. The number of nitrogens with one attached hydrogen (secondary N) is 1. The van der Waals surface area contributed by atoms with Gasteiger partial charge in [-0.2, -0.15) is 0 Å². The fraction of sp³-hybridized carbons (Fsp3) is 0.391. The van der Waals surface area contributed by atoms with Crippen LogP contribution in [-0.4, -0.2) is 35.4 Å². The van der Waals surface area contributed by atoms with Gasteiger partial charge in [-0.15, -0.1) is 0 Å². The molecule has 1 atom stereocenters. The van der Waals surface area contributed by atoms with E-state index in [1.165, 1.54) is 17.0 Å². The van der Waals surface area contributed by atoms with E-state index in [0.717, 1.165) is 11.1 Å². The number of rotatable bonds is 9. The van der Waals surface area contributed by atoms with Crippen molar-refractivity contribution in [3.63, 3.8) is 0 Å². The Hall–Kier alpha value is -2.89. The van der Waals surface area contributed by atoms with Gasteiger partial charge in [-0.05, 0) is 62.6 Å². The first-order valence-electron chi connectivity index (χ1n) is 9.84. The summed E-state index contributed by atoms with van der Waals surface area (Å²) in [6.45, 7) is 7.56. The number of carbonyl (C=O) groups is 2. The van der Waals surface area contributed by atoms with Crippen LogP contribution in [0, 0.1) is 12.7 Å². The molecule has 0 heterocycles. The van der Waals surface area contributed by atoms with Gasteiger partial charge in [0.15, 0.2) is 6.61 Å². The summed E-state index contributed by atoms with van der Waals surface area (Å²) < 4.78 is 18.9. The minimum absolute atomic E-state index is 0.0390. The molecule has 0 radical (unpaired) electrons. The number of hydrogen-bond acceptors (Lipinski definition) is 3. The molecule has 0 aromatic heterocycles. The topological polar surface area (TPSA) is 58.6 Å². The van der Waals surface area contributed by atoms with E-state index in [1.54, 1.807) is 18.2 Å². The van der Waals surface area contributed by atoms with E-state index in [0.29, 0.717) is 12.2 Å². The summed E-state index contributed by atoms with van der Waals surface area (Å²) in [5.41, 5.74) is 1.77. The average Bonchev–Trinajstić information content (AvgIpc) is 2.67. The predicted octanol–water partition coefficient (Wildman–Crippen LogP) is 3.84. The highest BCUT2D eigenvalue weighted by Crippen LogP contribution is 2.16. The van der Waals surface area contributed by atoms with E-state index in [-0.39, 0.29) is 36.8 Å². The van der Waals surface area contributed by atoms with Crippen molar-refractivity contribution < 1.29 is 18.7 Å². The smallest absolute Gasteiger partial charge is 0.261 e. The lowest BCUT2D eigenvalue weighted by atomic mass is 10.1. The third-order valence-corrected chi connectivity index (χ3v) is 4.43. The molecular weight excluding hydrogens is 371 g/mol. The minimum atomic E-state index is -0.643. The summed E-state index contributed by atoms with van der Waals surface area (Å²) in [4.78, 5) is 27.2. The van der Waals surface area contributed by atoms with Crippen LogP contribution >= 0.6 is 0 Å². The summed E-state index contributed by atoms with van der Waals surface area (Å²) in [6.07, 6.45) is 0.454. The largest absolute Gasteiger partial charge is 0.484 e. The van der Waals surface area contributed by atoms with Gasteiger partial charge < -0.3 is 15.0 Å². The molecule has 2 amide bonds. The van der Waals surface area contributed by atoms with Gasteiger partial charge in [-0.3, -0.25) is 9.59 Å². The molecule has 0 aliphatic carbocycles. The zero-order valence-electron chi connectivity index (χ0n) is 17.4. The first-order valence-corrected chi connectivity index (χ1v) is 9.84. The van der Waals surface area contributed by atoms with Crippen LogP contribution in [0.15, 0.2) is 48.5 Å². The van der Waals surface area contributed by atoms with Crippen molar-refractivity contribution in [2.24, 2.45) is 0 Å². The summed E-state index contributed by atoms with van der Waals surface area (Å²) in [7, 11) is 0.